The Bertz CT molecular complexity index is 1450. The molecule has 1 aliphatic heterocycles. The predicted molar refractivity (Wildman–Crippen MR) is 134 cm³/mol. The highest BCUT2D eigenvalue weighted by molar-refractivity contribution is 5.93. The van der Waals surface area contributed by atoms with Gasteiger partial charge < -0.3 is 9.80 Å². The molecule has 0 amide bonds. The zero-order valence-corrected chi connectivity index (χ0v) is 18.9. The Morgan fingerprint density at radius 2 is 1.42 bits per heavy atom. The van der Waals surface area contributed by atoms with Crippen LogP contribution in [0.15, 0.2) is 72.8 Å². The third-order valence-corrected chi connectivity index (χ3v) is 6.67. The Balaban J connectivity index is 1.39. The van der Waals surface area contributed by atoms with E-state index in [0.29, 0.717) is 0 Å². The van der Waals surface area contributed by atoms with E-state index in [4.69, 9.17) is 15.1 Å². The summed E-state index contributed by atoms with van der Waals surface area (Å²) in [6, 6.07) is 24.9. The first-order valence-electron chi connectivity index (χ1n) is 11.5. The lowest BCUT2D eigenvalue weighted by Crippen LogP contribution is -2.47. The molecule has 0 aliphatic carbocycles. The van der Waals surface area contributed by atoms with E-state index in [1.807, 2.05) is 47.0 Å². The first kappa shape index (κ1) is 19.7. The maximum Gasteiger partial charge on any atom is 0.229 e. The Labute approximate surface area is 193 Å². The predicted octanol–water partition coefficient (Wildman–Crippen LogP) is 4.89. The number of aromatic nitrogens is 4. The van der Waals surface area contributed by atoms with Crippen LogP contribution in [-0.4, -0.2) is 45.8 Å². The lowest BCUT2D eigenvalue weighted by Gasteiger charge is -2.37. The summed E-state index contributed by atoms with van der Waals surface area (Å²) in [5, 5.41) is 5.92. The Hall–Kier alpha value is -3.93. The molecule has 0 unspecified atom stereocenters. The van der Waals surface area contributed by atoms with Crippen LogP contribution in [0.2, 0.25) is 0 Å². The molecule has 1 saturated heterocycles. The molecule has 0 N–H and O–H groups in total. The number of para-hydroxylation sites is 1. The minimum Gasteiger partial charge on any atom is -0.368 e. The SMILES string of the molecule is Cc1cccc(N2CCN(c3nc4ccccc4c4nc(-c5ccccc5)nn34)CC2)c1C. The van der Waals surface area contributed by atoms with Crippen LogP contribution in [0.25, 0.3) is 27.9 Å². The van der Waals surface area contributed by atoms with Crippen molar-refractivity contribution in [2.45, 2.75) is 13.8 Å². The van der Waals surface area contributed by atoms with Crippen LogP contribution in [-0.2, 0) is 0 Å². The largest absolute Gasteiger partial charge is 0.368 e. The van der Waals surface area contributed by atoms with Crippen molar-refractivity contribution in [3.8, 4) is 11.4 Å². The molecule has 0 bridgehead atoms. The standard InChI is InChI=1S/C27H26N6/c1-19-9-8-14-24(20(19)2)31-15-17-32(18-16-31)27-28-23-13-7-6-12-22(23)26-29-25(30-33(26)27)21-10-4-3-5-11-21/h3-14H,15-18H2,1-2H3. The molecule has 6 rings (SSSR count). The van der Waals surface area contributed by atoms with Gasteiger partial charge in [-0.3, -0.25) is 0 Å². The molecular formula is C27H26N6. The van der Waals surface area contributed by atoms with Crippen molar-refractivity contribution in [2.24, 2.45) is 0 Å². The fourth-order valence-corrected chi connectivity index (χ4v) is 4.68. The highest BCUT2D eigenvalue weighted by Gasteiger charge is 2.24. The maximum atomic E-state index is 5.03. The van der Waals surface area contributed by atoms with E-state index in [-0.39, 0.29) is 0 Å². The quantitative estimate of drug-likeness (QED) is 0.405. The Morgan fingerprint density at radius 3 is 2.24 bits per heavy atom. The second-order valence-electron chi connectivity index (χ2n) is 8.66. The van der Waals surface area contributed by atoms with E-state index in [9.17, 15) is 0 Å². The van der Waals surface area contributed by atoms with Crippen LogP contribution in [0.5, 0.6) is 0 Å². The van der Waals surface area contributed by atoms with E-state index in [1.165, 1.54) is 16.8 Å². The van der Waals surface area contributed by atoms with Gasteiger partial charge in [-0.2, -0.15) is 4.52 Å². The van der Waals surface area contributed by atoms with Gasteiger partial charge in [0.2, 0.25) is 5.95 Å². The summed E-state index contributed by atoms with van der Waals surface area (Å²) in [7, 11) is 0. The number of anilines is 2. The molecule has 6 nitrogen and oxygen atoms in total. The molecule has 3 aromatic carbocycles. The molecule has 0 spiro atoms. The number of benzene rings is 3. The molecule has 5 aromatic rings. The van der Waals surface area contributed by atoms with Crippen LogP contribution in [0.1, 0.15) is 11.1 Å². The van der Waals surface area contributed by atoms with Crippen LogP contribution in [0, 0.1) is 13.8 Å². The second kappa shape index (κ2) is 7.89. The van der Waals surface area contributed by atoms with Crippen molar-refractivity contribution in [1.82, 2.24) is 19.6 Å². The van der Waals surface area contributed by atoms with Gasteiger partial charge in [-0.15, -0.1) is 5.10 Å². The highest BCUT2D eigenvalue weighted by atomic mass is 15.4. The fourth-order valence-electron chi connectivity index (χ4n) is 4.68. The summed E-state index contributed by atoms with van der Waals surface area (Å²) in [5.74, 6) is 1.59. The minimum absolute atomic E-state index is 0.726. The zero-order chi connectivity index (χ0) is 22.4. The first-order valence-corrected chi connectivity index (χ1v) is 11.5. The van der Waals surface area contributed by atoms with Gasteiger partial charge in [0.05, 0.1) is 5.52 Å². The monoisotopic (exact) mass is 434 g/mol. The molecule has 1 fully saturated rings. The van der Waals surface area contributed by atoms with Crippen LogP contribution < -0.4 is 9.80 Å². The van der Waals surface area contributed by atoms with E-state index >= 15 is 0 Å². The third kappa shape index (κ3) is 3.39. The number of nitrogens with zero attached hydrogens (tertiary/aromatic N) is 6. The van der Waals surface area contributed by atoms with Crippen LogP contribution in [0.4, 0.5) is 11.6 Å². The number of hydrogen-bond acceptors (Lipinski definition) is 5. The van der Waals surface area contributed by atoms with Crippen molar-refractivity contribution in [3.05, 3.63) is 83.9 Å². The van der Waals surface area contributed by atoms with Gasteiger partial charge in [-0.25, -0.2) is 9.97 Å². The van der Waals surface area contributed by atoms with Gasteiger partial charge in [0.1, 0.15) is 0 Å². The third-order valence-electron chi connectivity index (χ3n) is 6.67. The van der Waals surface area contributed by atoms with E-state index in [2.05, 4.69) is 54.0 Å². The van der Waals surface area contributed by atoms with Crippen molar-refractivity contribution >= 4 is 28.2 Å². The molecule has 33 heavy (non-hydrogen) atoms. The maximum absolute atomic E-state index is 5.03. The topological polar surface area (TPSA) is 49.6 Å². The second-order valence-corrected chi connectivity index (χ2v) is 8.66. The fraction of sp³-hybridized carbons (Fsp3) is 0.222. The number of rotatable bonds is 3. The molecule has 2 aromatic heterocycles. The number of piperazine rings is 1. The normalized spacial score (nSPS) is 14.4. The van der Waals surface area contributed by atoms with E-state index in [1.54, 1.807) is 0 Å². The van der Waals surface area contributed by atoms with E-state index in [0.717, 1.165) is 60.1 Å². The molecule has 1 aliphatic rings. The number of aryl methyl sites for hydroxylation is 1. The number of fused-ring (bicyclic) bond motifs is 3. The average molecular weight is 435 g/mol. The zero-order valence-electron chi connectivity index (χ0n) is 18.9. The van der Waals surface area contributed by atoms with Gasteiger partial charge in [0.25, 0.3) is 0 Å². The van der Waals surface area contributed by atoms with Crippen molar-refractivity contribution in [1.29, 1.82) is 0 Å². The van der Waals surface area contributed by atoms with Gasteiger partial charge in [-0.1, -0.05) is 54.6 Å². The summed E-state index contributed by atoms with van der Waals surface area (Å²) < 4.78 is 1.93. The first-order chi connectivity index (χ1) is 16.2. The summed E-state index contributed by atoms with van der Waals surface area (Å²) in [6.07, 6.45) is 0. The minimum atomic E-state index is 0.726. The van der Waals surface area contributed by atoms with Crippen molar-refractivity contribution in [2.75, 3.05) is 36.0 Å². The van der Waals surface area contributed by atoms with Gasteiger partial charge in [-0.05, 0) is 43.2 Å². The molecule has 0 radical (unpaired) electrons. The summed E-state index contributed by atoms with van der Waals surface area (Å²) in [5.41, 5.74) is 6.84. The molecular weight excluding hydrogens is 408 g/mol. The lowest BCUT2D eigenvalue weighted by molar-refractivity contribution is 0.631. The van der Waals surface area contributed by atoms with Gasteiger partial charge in [0.15, 0.2) is 11.5 Å². The molecule has 6 heteroatoms. The van der Waals surface area contributed by atoms with Crippen LogP contribution >= 0.6 is 0 Å². The van der Waals surface area contributed by atoms with Crippen LogP contribution in [0.3, 0.4) is 0 Å². The smallest absolute Gasteiger partial charge is 0.229 e. The summed E-state index contributed by atoms with van der Waals surface area (Å²) >= 11 is 0. The molecule has 164 valence electrons. The van der Waals surface area contributed by atoms with Crippen molar-refractivity contribution in [3.63, 3.8) is 0 Å². The molecule has 3 heterocycles. The van der Waals surface area contributed by atoms with E-state index < -0.39 is 0 Å². The summed E-state index contributed by atoms with van der Waals surface area (Å²) in [4.78, 5) is 14.8. The molecule has 0 saturated carbocycles. The Kier molecular flexibility index (Phi) is 4.72. The average Bonchev–Trinajstić information content (AvgIpc) is 3.32. The molecule has 0 atom stereocenters. The van der Waals surface area contributed by atoms with Crippen molar-refractivity contribution < 1.29 is 0 Å². The number of hydrogen-bond donors (Lipinski definition) is 0. The Morgan fingerprint density at radius 1 is 0.697 bits per heavy atom. The summed E-state index contributed by atoms with van der Waals surface area (Å²) in [6.45, 7) is 8.05. The lowest BCUT2D eigenvalue weighted by atomic mass is 10.1. The van der Waals surface area contributed by atoms with Gasteiger partial charge in [0, 0.05) is 42.8 Å². The highest BCUT2D eigenvalue weighted by Crippen LogP contribution is 2.28. The van der Waals surface area contributed by atoms with Gasteiger partial charge >= 0.3 is 0 Å².